The van der Waals surface area contributed by atoms with Crippen LogP contribution in [0.4, 0.5) is 0 Å². The van der Waals surface area contributed by atoms with Gasteiger partial charge in [-0.1, -0.05) is 13.3 Å². The van der Waals surface area contributed by atoms with Crippen LogP contribution in [0.5, 0.6) is 0 Å². The summed E-state index contributed by atoms with van der Waals surface area (Å²) in [6.45, 7) is 2.00. The van der Waals surface area contributed by atoms with Gasteiger partial charge in [0.2, 0.25) is 0 Å². The molecule has 0 saturated carbocycles. The second kappa shape index (κ2) is 4.09. The molecule has 1 N–H and O–H groups in total. The summed E-state index contributed by atoms with van der Waals surface area (Å²) in [6.07, 6.45) is 1.15. The monoisotopic (exact) mass is 104 g/mol. The van der Waals surface area contributed by atoms with Crippen molar-refractivity contribution in [1.29, 1.82) is 0 Å². The molecular weight excluding hydrogens is 92.1 g/mol. The summed E-state index contributed by atoms with van der Waals surface area (Å²) >= 11 is 0. The minimum absolute atomic E-state index is 0.551. The van der Waals surface area contributed by atoms with Crippen molar-refractivity contribution >= 4 is 0 Å². The van der Waals surface area contributed by atoms with Crippen LogP contribution in [0.25, 0.3) is 0 Å². The van der Waals surface area contributed by atoms with E-state index in [4.69, 9.17) is 5.11 Å². The van der Waals surface area contributed by atoms with E-state index in [1.54, 1.807) is 0 Å². The lowest BCUT2D eigenvalue weighted by Crippen LogP contribution is -2.06. The molecule has 0 unspecified atom stereocenters. The van der Waals surface area contributed by atoms with Crippen LogP contribution in [-0.2, 0) is 4.74 Å². The van der Waals surface area contributed by atoms with Gasteiger partial charge >= 0.3 is 0 Å². The summed E-state index contributed by atoms with van der Waals surface area (Å²) < 4.78 is 4.55. The Balaban J connectivity index is 2.83. The number of ether oxygens (including phenoxy) is 1. The van der Waals surface area contributed by atoms with Crippen molar-refractivity contribution < 1.29 is 9.84 Å². The van der Waals surface area contributed by atoms with Crippen LogP contribution >= 0.6 is 0 Å². The fraction of sp³-hybridized carbons (Fsp3) is 1.00. The first-order valence-electron chi connectivity index (χ1n) is 2.52. The highest BCUT2D eigenvalue weighted by Crippen LogP contribution is 1.93. The Hall–Kier alpha value is -0.0800. The second-order valence-electron chi connectivity index (χ2n) is 1.48. The molecule has 0 aliphatic carbocycles. The average Bonchev–Trinajstić information content (AvgIpc) is 1.68. The number of hydrogen-bond acceptors (Lipinski definition) is 2. The quantitative estimate of drug-likeness (QED) is 0.535. The van der Waals surface area contributed by atoms with Crippen molar-refractivity contribution in [3.8, 4) is 0 Å². The van der Waals surface area contributed by atoms with Crippen LogP contribution in [-0.4, -0.2) is 18.5 Å². The molecule has 0 aromatic heterocycles. The molecule has 2 nitrogen and oxygen atoms in total. The first kappa shape index (κ1) is 6.92. The Kier molecular flexibility index (Phi) is 4.04. The largest absolute Gasteiger partial charge is 0.368 e. The molecule has 0 aromatic rings. The fourth-order valence-corrected chi connectivity index (χ4v) is 0.365. The molecule has 0 spiro atoms. The van der Waals surface area contributed by atoms with Crippen LogP contribution < -0.4 is 0 Å². The Morgan fingerprint density at radius 3 is 2.43 bits per heavy atom. The molecule has 0 rings (SSSR count). The third-order valence-electron chi connectivity index (χ3n) is 0.808. The summed E-state index contributed by atoms with van der Waals surface area (Å²) in [5, 5.41) is 8.64. The maximum Gasteiger partial charge on any atom is 0.154 e. The molecule has 1 atom stereocenters. The summed E-state index contributed by atoms with van der Waals surface area (Å²) in [7, 11) is 1.50. The van der Waals surface area contributed by atoms with E-state index in [1.807, 2.05) is 6.92 Å². The molecule has 44 valence electrons. The van der Waals surface area contributed by atoms with Gasteiger partial charge in [-0.15, -0.1) is 0 Å². The topological polar surface area (TPSA) is 29.5 Å². The third-order valence-corrected chi connectivity index (χ3v) is 0.808. The Bertz CT molecular complexity index is 37.1. The van der Waals surface area contributed by atoms with Crippen LogP contribution in [0, 0.1) is 0 Å². The molecule has 0 radical (unpaired) electrons. The normalized spacial score (nSPS) is 14.1. The van der Waals surface area contributed by atoms with E-state index in [1.165, 1.54) is 7.11 Å². The molecule has 0 aliphatic heterocycles. The van der Waals surface area contributed by atoms with Gasteiger partial charge in [-0.2, -0.15) is 0 Å². The zero-order valence-electron chi connectivity index (χ0n) is 4.85. The zero-order chi connectivity index (χ0) is 5.70. The molecule has 7 heavy (non-hydrogen) atoms. The minimum atomic E-state index is -0.551. The van der Waals surface area contributed by atoms with Crippen molar-refractivity contribution in [2.75, 3.05) is 7.11 Å². The molecule has 2 heteroatoms. The molecule has 0 bridgehead atoms. The zero-order valence-corrected chi connectivity index (χ0v) is 4.85. The molecule has 0 fully saturated rings. The van der Waals surface area contributed by atoms with E-state index in [0.717, 1.165) is 12.8 Å². The van der Waals surface area contributed by atoms with Gasteiger partial charge in [0.25, 0.3) is 0 Å². The van der Waals surface area contributed by atoms with Crippen LogP contribution in [0.2, 0.25) is 0 Å². The number of hydrogen-bond donors (Lipinski definition) is 1. The predicted molar refractivity (Wildman–Crippen MR) is 27.9 cm³/mol. The lowest BCUT2D eigenvalue weighted by molar-refractivity contribution is -0.0783. The average molecular weight is 104 g/mol. The second-order valence-corrected chi connectivity index (χ2v) is 1.48. The van der Waals surface area contributed by atoms with Gasteiger partial charge in [0.1, 0.15) is 0 Å². The van der Waals surface area contributed by atoms with Gasteiger partial charge in [-0.3, -0.25) is 0 Å². The lowest BCUT2D eigenvalue weighted by Gasteiger charge is -2.03. The molecule has 0 saturated heterocycles. The third kappa shape index (κ3) is 3.76. The van der Waals surface area contributed by atoms with Gasteiger partial charge < -0.3 is 9.84 Å². The highest BCUT2D eigenvalue weighted by atomic mass is 16.6. The van der Waals surface area contributed by atoms with Gasteiger partial charge in [0, 0.05) is 7.11 Å². The predicted octanol–water partition coefficient (Wildman–Crippen LogP) is 0.751. The van der Waals surface area contributed by atoms with Crippen LogP contribution in [0.15, 0.2) is 0 Å². The van der Waals surface area contributed by atoms with E-state index in [2.05, 4.69) is 4.74 Å². The van der Waals surface area contributed by atoms with Crippen molar-refractivity contribution in [3.05, 3.63) is 0 Å². The number of aliphatic hydroxyl groups is 1. The first-order chi connectivity index (χ1) is 3.31. The maximum atomic E-state index is 8.64. The maximum absolute atomic E-state index is 8.64. The van der Waals surface area contributed by atoms with Crippen molar-refractivity contribution in [3.63, 3.8) is 0 Å². The minimum Gasteiger partial charge on any atom is -0.368 e. The van der Waals surface area contributed by atoms with Crippen molar-refractivity contribution in [1.82, 2.24) is 0 Å². The van der Waals surface area contributed by atoms with Crippen molar-refractivity contribution in [2.45, 2.75) is 26.1 Å². The highest BCUT2D eigenvalue weighted by Gasteiger charge is 1.94. The molecule has 0 aromatic carbocycles. The molecule has 0 heterocycles. The number of rotatable bonds is 3. The van der Waals surface area contributed by atoms with E-state index in [9.17, 15) is 0 Å². The summed E-state index contributed by atoms with van der Waals surface area (Å²) in [5.74, 6) is 0. The van der Waals surface area contributed by atoms with Crippen LogP contribution in [0.3, 0.4) is 0 Å². The molecular formula is C5H12O2. The molecule has 0 amide bonds. The van der Waals surface area contributed by atoms with Crippen molar-refractivity contribution in [2.24, 2.45) is 0 Å². The van der Waals surface area contributed by atoms with Gasteiger partial charge in [-0.25, -0.2) is 0 Å². The SMILES string of the molecule is CCC[C@@H](O)OC. The van der Waals surface area contributed by atoms with E-state index >= 15 is 0 Å². The van der Waals surface area contributed by atoms with E-state index < -0.39 is 6.29 Å². The fourth-order valence-electron chi connectivity index (χ4n) is 0.365. The van der Waals surface area contributed by atoms with Gasteiger partial charge in [0.05, 0.1) is 0 Å². The first-order valence-corrected chi connectivity index (χ1v) is 2.52. The summed E-state index contributed by atoms with van der Waals surface area (Å²) in [5.41, 5.74) is 0. The molecule has 0 aliphatic rings. The lowest BCUT2D eigenvalue weighted by atomic mass is 10.3. The summed E-state index contributed by atoms with van der Waals surface area (Å²) in [4.78, 5) is 0. The van der Waals surface area contributed by atoms with E-state index in [0.29, 0.717) is 0 Å². The smallest absolute Gasteiger partial charge is 0.154 e. The van der Waals surface area contributed by atoms with Crippen LogP contribution in [0.1, 0.15) is 19.8 Å². The van der Waals surface area contributed by atoms with Gasteiger partial charge in [0.15, 0.2) is 6.29 Å². The summed E-state index contributed by atoms with van der Waals surface area (Å²) in [6, 6.07) is 0. The Morgan fingerprint density at radius 1 is 1.71 bits per heavy atom. The van der Waals surface area contributed by atoms with Gasteiger partial charge in [-0.05, 0) is 6.42 Å². The van der Waals surface area contributed by atoms with E-state index in [-0.39, 0.29) is 0 Å². The highest BCUT2D eigenvalue weighted by molar-refractivity contribution is 4.34. The number of methoxy groups -OCH3 is 1. The Morgan fingerprint density at radius 2 is 2.29 bits per heavy atom. The number of aliphatic hydroxyl groups excluding tert-OH is 1. The standard InChI is InChI=1S/C5H12O2/c1-3-4-5(6)7-2/h5-6H,3-4H2,1-2H3/t5-/m0/s1. The Labute approximate surface area is 44.1 Å².